The number of rotatable bonds is 13. The van der Waals surface area contributed by atoms with Crippen LogP contribution in [0.5, 0.6) is 0 Å². The molecule has 0 saturated heterocycles. The zero-order valence-corrected chi connectivity index (χ0v) is 20.0. The van der Waals surface area contributed by atoms with Gasteiger partial charge < -0.3 is 10.5 Å². The van der Waals surface area contributed by atoms with Gasteiger partial charge in [-0.1, -0.05) is 39.4 Å². The van der Waals surface area contributed by atoms with Gasteiger partial charge in [0.25, 0.3) is 0 Å². The van der Waals surface area contributed by atoms with Gasteiger partial charge in [-0.05, 0) is 34.8 Å². The molecule has 1 aromatic rings. The van der Waals surface area contributed by atoms with Crippen LogP contribution in [0.1, 0.15) is 57.3 Å². The molecule has 0 aliphatic heterocycles. The monoisotopic (exact) mass is 467 g/mol. The Morgan fingerprint density at radius 1 is 1.35 bits per heavy atom. The minimum Gasteiger partial charge on any atom is -0.361 e. The van der Waals surface area contributed by atoms with Crippen molar-refractivity contribution in [2.75, 3.05) is 6.61 Å². The van der Waals surface area contributed by atoms with E-state index in [-0.39, 0.29) is 18.4 Å². The van der Waals surface area contributed by atoms with Crippen molar-refractivity contribution in [1.82, 2.24) is 9.55 Å². The first-order valence-corrected chi connectivity index (χ1v) is 13.8. The van der Waals surface area contributed by atoms with Crippen molar-refractivity contribution >= 4 is 42.2 Å². The summed E-state index contributed by atoms with van der Waals surface area (Å²) < 4.78 is 8.75. The van der Waals surface area contributed by atoms with E-state index in [0.717, 1.165) is 48.8 Å². The highest BCUT2D eigenvalue weighted by Crippen LogP contribution is 2.21. The van der Waals surface area contributed by atoms with E-state index in [1.807, 2.05) is 11.5 Å². The molecule has 1 aromatic heterocycles. The van der Waals surface area contributed by atoms with Crippen LogP contribution in [0.15, 0.2) is 10.8 Å². The molecule has 0 amide bonds. The summed E-state index contributed by atoms with van der Waals surface area (Å²) in [6.07, 6.45) is 7.00. The van der Waals surface area contributed by atoms with Crippen LogP contribution in [-0.4, -0.2) is 30.0 Å². The molecule has 1 rings (SSSR count). The van der Waals surface area contributed by atoms with Crippen LogP contribution in [0.3, 0.4) is 0 Å². The Morgan fingerprint density at radius 3 is 2.65 bits per heavy atom. The topological polar surface area (TPSA) is 70.1 Å². The Labute approximate surface area is 174 Å². The van der Waals surface area contributed by atoms with Crippen LogP contribution in [0, 0.1) is 0 Å². The number of hydrogen-bond donors (Lipinski definition) is 1. The van der Waals surface area contributed by atoms with Crippen molar-refractivity contribution in [1.29, 1.82) is 0 Å². The molecule has 0 unspecified atom stereocenters. The van der Waals surface area contributed by atoms with Crippen LogP contribution < -0.4 is 5.73 Å². The van der Waals surface area contributed by atoms with E-state index in [1.165, 1.54) is 0 Å². The van der Waals surface area contributed by atoms with Crippen LogP contribution in [0.25, 0.3) is 0 Å². The lowest BCUT2D eigenvalue weighted by atomic mass is 10.1. The van der Waals surface area contributed by atoms with E-state index in [0.29, 0.717) is 25.4 Å². The fourth-order valence-corrected chi connectivity index (χ4v) is 3.64. The molecule has 2 N–H and O–H groups in total. The molecule has 152 valence electrons. The average Bonchev–Trinajstić information content (AvgIpc) is 2.91. The van der Waals surface area contributed by atoms with Gasteiger partial charge in [-0.3, -0.25) is 9.36 Å². The lowest BCUT2D eigenvalue weighted by Crippen LogP contribution is -2.23. The molecular formula is C18H35BrClN3O2Si. The SMILES string of the molecule is CCC(=O)CCCCC[C@H](N)c1ncc(Br)n1COCC[Si](C)(C)C.Cl. The molecule has 0 aliphatic carbocycles. The summed E-state index contributed by atoms with van der Waals surface area (Å²) in [4.78, 5) is 15.8. The smallest absolute Gasteiger partial charge is 0.132 e. The van der Waals surface area contributed by atoms with E-state index in [9.17, 15) is 4.79 Å². The molecule has 0 spiro atoms. The second-order valence-corrected chi connectivity index (χ2v) is 14.2. The maximum absolute atomic E-state index is 11.3. The van der Waals surface area contributed by atoms with E-state index < -0.39 is 8.07 Å². The Hall–Kier alpha value is -0.213. The quantitative estimate of drug-likeness (QED) is 0.314. The van der Waals surface area contributed by atoms with Gasteiger partial charge in [0.15, 0.2) is 0 Å². The normalized spacial score (nSPS) is 12.7. The van der Waals surface area contributed by atoms with Gasteiger partial charge in [-0.2, -0.15) is 0 Å². The molecule has 1 atom stereocenters. The minimum atomic E-state index is -1.08. The zero-order chi connectivity index (χ0) is 18.9. The van der Waals surface area contributed by atoms with Gasteiger partial charge in [-0.15, -0.1) is 12.4 Å². The molecule has 5 nitrogen and oxygen atoms in total. The third-order valence-corrected chi connectivity index (χ3v) is 6.59. The summed E-state index contributed by atoms with van der Waals surface area (Å²) in [5, 5.41) is 0. The number of hydrogen-bond acceptors (Lipinski definition) is 4. The summed E-state index contributed by atoms with van der Waals surface area (Å²) in [7, 11) is -1.08. The van der Waals surface area contributed by atoms with Crippen LogP contribution in [0.2, 0.25) is 25.7 Å². The third-order valence-electron chi connectivity index (χ3n) is 4.25. The fourth-order valence-electron chi connectivity index (χ4n) is 2.50. The second-order valence-electron chi connectivity index (χ2n) is 7.81. The Bertz CT molecular complexity index is 535. The highest BCUT2D eigenvalue weighted by Gasteiger charge is 2.16. The molecule has 0 fully saturated rings. The van der Waals surface area contributed by atoms with Gasteiger partial charge in [0.2, 0.25) is 0 Å². The first kappa shape index (κ1) is 25.8. The molecule has 8 heteroatoms. The first-order valence-electron chi connectivity index (χ1n) is 9.30. The Morgan fingerprint density at radius 2 is 2.04 bits per heavy atom. The van der Waals surface area contributed by atoms with Crippen molar-refractivity contribution in [2.24, 2.45) is 5.73 Å². The maximum atomic E-state index is 11.3. The minimum absolute atomic E-state index is 0. The summed E-state index contributed by atoms with van der Waals surface area (Å²) in [5.74, 6) is 1.21. The number of halogens is 2. The van der Waals surface area contributed by atoms with E-state index in [4.69, 9.17) is 10.5 Å². The van der Waals surface area contributed by atoms with Gasteiger partial charge in [0.05, 0.1) is 12.2 Å². The van der Waals surface area contributed by atoms with E-state index in [1.54, 1.807) is 6.20 Å². The number of ketones is 1. The fraction of sp³-hybridized carbons (Fsp3) is 0.778. The lowest BCUT2D eigenvalue weighted by molar-refractivity contribution is -0.118. The number of nitrogens with two attached hydrogens (primary N) is 1. The van der Waals surface area contributed by atoms with Crippen LogP contribution >= 0.6 is 28.3 Å². The molecule has 0 aliphatic rings. The molecule has 26 heavy (non-hydrogen) atoms. The van der Waals surface area contributed by atoms with Crippen molar-refractivity contribution in [3.63, 3.8) is 0 Å². The number of aromatic nitrogens is 2. The van der Waals surface area contributed by atoms with Gasteiger partial charge in [0.1, 0.15) is 22.9 Å². The van der Waals surface area contributed by atoms with Gasteiger partial charge >= 0.3 is 0 Å². The number of ether oxygens (including phenoxy) is 1. The van der Waals surface area contributed by atoms with E-state index in [2.05, 4.69) is 40.6 Å². The second kappa shape index (κ2) is 13.0. The van der Waals surface area contributed by atoms with Crippen LogP contribution in [0.4, 0.5) is 0 Å². The molecule has 0 radical (unpaired) electrons. The summed E-state index contributed by atoms with van der Waals surface area (Å²) in [6.45, 7) is 10.2. The van der Waals surface area contributed by atoms with Crippen molar-refractivity contribution in [3.05, 3.63) is 16.6 Å². The largest absolute Gasteiger partial charge is 0.361 e. The highest BCUT2D eigenvalue weighted by atomic mass is 79.9. The van der Waals surface area contributed by atoms with Gasteiger partial charge in [-0.25, -0.2) is 4.98 Å². The standard InChI is InChI=1S/C18H34BrN3O2Si.ClH/c1-5-15(23)9-7-6-8-10-16(20)18-21-13-17(19)22(18)14-24-11-12-25(2,3)4;/h13,16H,5-12,14,20H2,1-4H3;1H/t16-;/m0./s1. The number of unbranched alkanes of at least 4 members (excludes halogenated alkanes) is 2. The summed E-state index contributed by atoms with van der Waals surface area (Å²) in [5.41, 5.74) is 6.33. The number of Topliss-reactive ketones (excluding diaryl/α,β-unsaturated/α-hetero) is 1. The predicted molar refractivity (Wildman–Crippen MR) is 117 cm³/mol. The Kier molecular flexibility index (Phi) is 12.9. The highest BCUT2D eigenvalue weighted by molar-refractivity contribution is 9.10. The first-order chi connectivity index (χ1) is 11.7. The number of imidazole rings is 1. The number of nitrogens with zero attached hydrogens (tertiary/aromatic N) is 2. The molecule has 0 aromatic carbocycles. The molecule has 0 bridgehead atoms. The number of carbonyl (C=O) groups excluding carboxylic acids is 1. The van der Waals surface area contributed by atoms with Crippen LogP contribution in [-0.2, 0) is 16.3 Å². The molecule has 1 heterocycles. The van der Waals surface area contributed by atoms with Gasteiger partial charge in [0, 0.05) is 27.5 Å². The van der Waals surface area contributed by atoms with Crippen molar-refractivity contribution < 1.29 is 9.53 Å². The van der Waals surface area contributed by atoms with Crippen molar-refractivity contribution in [2.45, 2.75) is 83.9 Å². The molecule has 0 saturated carbocycles. The average molecular weight is 469 g/mol. The predicted octanol–water partition coefficient (Wildman–Crippen LogP) is 5.31. The molecular weight excluding hydrogens is 434 g/mol. The van der Waals surface area contributed by atoms with E-state index >= 15 is 0 Å². The Balaban J connectivity index is 0.00000625. The lowest BCUT2D eigenvalue weighted by Gasteiger charge is -2.18. The maximum Gasteiger partial charge on any atom is 0.132 e. The van der Waals surface area contributed by atoms with Crippen molar-refractivity contribution in [3.8, 4) is 0 Å². The third kappa shape index (κ3) is 10.2. The zero-order valence-electron chi connectivity index (χ0n) is 16.6. The summed E-state index contributed by atoms with van der Waals surface area (Å²) in [6, 6.07) is 1.05. The number of carbonyl (C=O) groups is 1. The summed E-state index contributed by atoms with van der Waals surface area (Å²) >= 11 is 3.53.